The SMILES string of the molecule is CC1CC1.O=c1c(Cl)c(NCC2CCCOC2)cnn1C1CCN(Cc2ccc(F)cc2)CC1. The molecule has 1 N–H and O–H groups in total. The zero-order valence-corrected chi connectivity index (χ0v) is 20.8. The predicted octanol–water partition coefficient (Wildman–Crippen LogP) is 5.13. The number of aromatic nitrogens is 2. The van der Waals surface area contributed by atoms with E-state index in [4.69, 9.17) is 16.3 Å². The maximum atomic E-state index is 13.1. The molecule has 1 aromatic heterocycles. The molecule has 2 aliphatic heterocycles. The first-order valence-corrected chi connectivity index (χ1v) is 12.9. The van der Waals surface area contributed by atoms with Crippen molar-refractivity contribution >= 4 is 17.3 Å². The van der Waals surface area contributed by atoms with Gasteiger partial charge >= 0.3 is 0 Å². The molecule has 0 spiro atoms. The summed E-state index contributed by atoms with van der Waals surface area (Å²) in [5.74, 6) is 1.30. The number of rotatable bonds is 6. The molecule has 1 aliphatic carbocycles. The Balaban J connectivity index is 0.000000620. The van der Waals surface area contributed by atoms with Crippen molar-refractivity contribution < 1.29 is 9.13 Å². The van der Waals surface area contributed by atoms with E-state index in [2.05, 4.69) is 22.2 Å². The number of likely N-dealkylation sites (tertiary alicyclic amines) is 1. The molecular weight excluding hydrogens is 455 g/mol. The minimum atomic E-state index is -0.237. The van der Waals surface area contributed by atoms with Gasteiger partial charge in [0.2, 0.25) is 0 Å². The van der Waals surface area contributed by atoms with Crippen LogP contribution in [0, 0.1) is 17.7 Å². The fourth-order valence-electron chi connectivity index (χ4n) is 4.39. The first-order valence-electron chi connectivity index (χ1n) is 12.6. The van der Waals surface area contributed by atoms with E-state index in [9.17, 15) is 9.18 Å². The average molecular weight is 491 g/mol. The van der Waals surface area contributed by atoms with Crippen molar-refractivity contribution in [3.8, 4) is 0 Å². The third-order valence-corrected chi connectivity index (χ3v) is 7.23. The smallest absolute Gasteiger partial charge is 0.287 e. The van der Waals surface area contributed by atoms with Gasteiger partial charge in [0, 0.05) is 32.8 Å². The van der Waals surface area contributed by atoms with Gasteiger partial charge in [0.05, 0.1) is 24.5 Å². The normalized spacial score (nSPS) is 21.6. The molecule has 8 heteroatoms. The Morgan fingerprint density at radius 2 is 1.85 bits per heavy atom. The molecule has 6 nitrogen and oxygen atoms in total. The van der Waals surface area contributed by atoms with Gasteiger partial charge in [0.1, 0.15) is 10.8 Å². The topological polar surface area (TPSA) is 59.4 Å². The largest absolute Gasteiger partial charge is 0.382 e. The molecule has 5 rings (SSSR count). The van der Waals surface area contributed by atoms with Crippen LogP contribution in [0.5, 0.6) is 0 Å². The Morgan fingerprint density at radius 1 is 1.15 bits per heavy atom. The highest BCUT2D eigenvalue weighted by Crippen LogP contribution is 2.27. The molecule has 34 heavy (non-hydrogen) atoms. The predicted molar refractivity (Wildman–Crippen MR) is 134 cm³/mol. The van der Waals surface area contributed by atoms with Gasteiger partial charge in [0.25, 0.3) is 5.56 Å². The van der Waals surface area contributed by atoms with E-state index in [0.29, 0.717) is 11.6 Å². The van der Waals surface area contributed by atoms with Crippen LogP contribution in [0.25, 0.3) is 0 Å². The molecule has 0 amide bonds. The number of nitrogens with zero attached hydrogens (tertiary/aromatic N) is 3. The van der Waals surface area contributed by atoms with Crippen LogP contribution in [0.4, 0.5) is 10.1 Å². The van der Waals surface area contributed by atoms with Gasteiger partial charge < -0.3 is 10.1 Å². The molecule has 2 aromatic rings. The number of piperidine rings is 1. The third kappa shape index (κ3) is 7.27. The molecule has 3 heterocycles. The molecule has 1 saturated carbocycles. The number of anilines is 1. The average Bonchev–Trinajstić information content (AvgIpc) is 3.65. The quantitative estimate of drug-likeness (QED) is 0.608. The zero-order valence-electron chi connectivity index (χ0n) is 20.0. The van der Waals surface area contributed by atoms with Crippen LogP contribution in [-0.4, -0.2) is 47.5 Å². The summed E-state index contributed by atoms with van der Waals surface area (Å²) in [6.45, 7) is 7.07. The van der Waals surface area contributed by atoms with Crippen LogP contribution in [0.3, 0.4) is 0 Å². The van der Waals surface area contributed by atoms with Crippen LogP contribution in [0.1, 0.15) is 57.1 Å². The molecule has 186 valence electrons. The van der Waals surface area contributed by atoms with Gasteiger partial charge in [-0.2, -0.15) is 5.10 Å². The van der Waals surface area contributed by atoms with Crippen LogP contribution in [0.2, 0.25) is 5.02 Å². The Morgan fingerprint density at radius 3 is 2.47 bits per heavy atom. The second-order valence-corrected chi connectivity index (χ2v) is 10.3. The van der Waals surface area contributed by atoms with E-state index in [1.165, 1.54) is 29.7 Å². The van der Waals surface area contributed by atoms with Crippen LogP contribution in [-0.2, 0) is 11.3 Å². The van der Waals surface area contributed by atoms with E-state index in [1.54, 1.807) is 6.20 Å². The summed E-state index contributed by atoms with van der Waals surface area (Å²) >= 11 is 6.38. The van der Waals surface area contributed by atoms with Crippen LogP contribution in [0.15, 0.2) is 35.3 Å². The zero-order chi connectivity index (χ0) is 23.9. The van der Waals surface area contributed by atoms with Crippen molar-refractivity contribution in [2.24, 2.45) is 11.8 Å². The standard InChI is InChI=1S/C22H28ClFN4O2.C4H8/c23-21-20(25-12-17-2-1-11-30-15-17)13-26-28(22(21)29)19-7-9-27(10-8-19)14-16-3-5-18(24)6-4-16;1-4-2-3-4/h3-6,13,17,19,25H,1-2,7-12,14-15H2;4H,2-3H2,1H3. The fraction of sp³-hybridized carbons (Fsp3) is 0.615. The van der Waals surface area contributed by atoms with Gasteiger partial charge in [-0.25, -0.2) is 9.07 Å². The lowest BCUT2D eigenvalue weighted by molar-refractivity contribution is 0.0595. The molecule has 1 atom stereocenters. The van der Waals surface area contributed by atoms with E-state index in [-0.39, 0.29) is 22.4 Å². The Bertz CT molecular complexity index is 966. The number of halogens is 2. The monoisotopic (exact) mass is 490 g/mol. The summed E-state index contributed by atoms with van der Waals surface area (Å²) < 4.78 is 20.1. The van der Waals surface area contributed by atoms with Crippen LogP contribution >= 0.6 is 11.6 Å². The number of ether oxygens (including phenoxy) is 1. The van der Waals surface area contributed by atoms with Crippen molar-refractivity contribution in [3.05, 3.63) is 57.2 Å². The minimum absolute atomic E-state index is 0.0419. The summed E-state index contributed by atoms with van der Waals surface area (Å²) in [5, 5.41) is 7.88. The molecule has 1 aromatic carbocycles. The summed E-state index contributed by atoms with van der Waals surface area (Å²) in [6, 6.07) is 6.66. The van der Waals surface area contributed by atoms with E-state index >= 15 is 0 Å². The highest BCUT2D eigenvalue weighted by atomic mass is 35.5. The highest BCUT2D eigenvalue weighted by molar-refractivity contribution is 6.32. The molecular formula is C26H36ClFN4O2. The summed E-state index contributed by atoms with van der Waals surface area (Å²) in [4.78, 5) is 15.1. The second-order valence-electron chi connectivity index (χ2n) is 9.90. The number of hydrogen-bond donors (Lipinski definition) is 1. The van der Waals surface area contributed by atoms with Gasteiger partial charge in [-0.05, 0) is 55.2 Å². The molecule has 1 unspecified atom stereocenters. The van der Waals surface area contributed by atoms with Crippen molar-refractivity contribution in [1.82, 2.24) is 14.7 Å². The lowest BCUT2D eigenvalue weighted by Gasteiger charge is -2.32. The summed E-state index contributed by atoms with van der Waals surface area (Å²) in [5.41, 5.74) is 1.45. The Hall–Kier alpha value is -1.96. The van der Waals surface area contributed by atoms with E-state index < -0.39 is 0 Å². The molecule has 3 fully saturated rings. The van der Waals surface area contributed by atoms with E-state index in [1.807, 2.05) is 12.1 Å². The number of benzene rings is 1. The van der Waals surface area contributed by atoms with Crippen LogP contribution < -0.4 is 10.9 Å². The number of hydrogen-bond acceptors (Lipinski definition) is 5. The summed E-state index contributed by atoms with van der Waals surface area (Å²) in [6.07, 6.45) is 8.48. The Labute approximate surface area is 206 Å². The molecule has 0 bridgehead atoms. The maximum absolute atomic E-state index is 13.1. The maximum Gasteiger partial charge on any atom is 0.287 e. The molecule has 0 radical (unpaired) electrons. The summed E-state index contributed by atoms with van der Waals surface area (Å²) in [7, 11) is 0. The third-order valence-electron chi connectivity index (χ3n) is 6.87. The highest BCUT2D eigenvalue weighted by Gasteiger charge is 2.24. The van der Waals surface area contributed by atoms with Crippen molar-refractivity contribution in [3.63, 3.8) is 0 Å². The van der Waals surface area contributed by atoms with Gasteiger partial charge in [-0.15, -0.1) is 0 Å². The Kier molecular flexibility index (Phi) is 8.98. The van der Waals surface area contributed by atoms with Gasteiger partial charge in [-0.1, -0.05) is 43.5 Å². The van der Waals surface area contributed by atoms with Crippen molar-refractivity contribution in [1.29, 1.82) is 0 Å². The second kappa shape index (κ2) is 12.1. The minimum Gasteiger partial charge on any atom is -0.382 e. The van der Waals surface area contributed by atoms with Crippen molar-refractivity contribution in [2.75, 3.05) is 38.2 Å². The van der Waals surface area contributed by atoms with E-state index in [0.717, 1.165) is 76.6 Å². The lowest BCUT2D eigenvalue weighted by atomic mass is 10.0. The lowest BCUT2D eigenvalue weighted by Crippen LogP contribution is -2.38. The molecule has 2 saturated heterocycles. The molecule has 3 aliphatic rings. The first kappa shape index (κ1) is 25.1. The first-order chi connectivity index (χ1) is 16.5. The van der Waals surface area contributed by atoms with Gasteiger partial charge in [-0.3, -0.25) is 9.69 Å². The van der Waals surface area contributed by atoms with Crippen molar-refractivity contribution in [2.45, 2.75) is 58.0 Å². The number of nitrogens with one attached hydrogen (secondary N) is 1. The fourth-order valence-corrected chi connectivity index (χ4v) is 4.59. The van der Waals surface area contributed by atoms with Gasteiger partial charge in [0.15, 0.2) is 0 Å².